The van der Waals surface area contributed by atoms with Crippen molar-refractivity contribution >= 4 is 17.5 Å². The highest BCUT2D eigenvalue weighted by Crippen LogP contribution is 2.24. The Morgan fingerprint density at radius 2 is 2.06 bits per heavy atom. The zero-order valence-electron chi connectivity index (χ0n) is 10.6. The van der Waals surface area contributed by atoms with Crippen LogP contribution in [0.25, 0.3) is 0 Å². The van der Waals surface area contributed by atoms with E-state index in [0.29, 0.717) is 18.8 Å². The molecule has 18 heavy (non-hydrogen) atoms. The van der Waals surface area contributed by atoms with Gasteiger partial charge < -0.3 is 15.1 Å². The van der Waals surface area contributed by atoms with Crippen molar-refractivity contribution in [2.45, 2.75) is 26.3 Å². The molecule has 0 aliphatic carbocycles. The maximum atomic E-state index is 12.3. The topological polar surface area (TPSA) is 60.8 Å². The molecule has 1 rings (SSSR count). The lowest BCUT2D eigenvalue weighted by atomic mass is 10.1. The van der Waals surface area contributed by atoms with E-state index in [0.717, 1.165) is 0 Å². The quantitative estimate of drug-likeness (QED) is 0.639. The van der Waals surface area contributed by atoms with Crippen LogP contribution in [0.5, 0.6) is 11.5 Å². The average Bonchev–Trinajstić information content (AvgIpc) is 2.32. The van der Waals surface area contributed by atoms with Gasteiger partial charge in [-0.3, -0.25) is 4.79 Å². The van der Waals surface area contributed by atoms with Crippen LogP contribution in [-0.4, -0.2) is 39.5 Å². The number of hydrogen-bond donors (Lipinski definition) is 2. The first-order valence-electron chi connectivity index (χ1n) is 5.86. The molecule has 0 heterocycles. The zero-order chi connectivity index (χ0) is 13.7. The fraction of sp³-hybridized carbons (Fsp3) is 0.462. The second kappa shape index (κ2) is 6.50. The molecule has 4 nitrogen and oxygen atoms in total. The number of benzene rings is 1. The molecular formula is C13H18ClNO3. The first kappa shape index (κ1) is 14.6. The summed E-state index contributed by atoms with van der Waals surface area (Å²) in [5, 5.41) is 19.1. The molecule has 0 radical (unpaired) electrons. The van der Waals surface area contributed by atoms with Crippen LogP contribution < -0.4 is 0 Å². The minimum Gasteiger partial charge on any atom is -0.508 e. The van der Waals surface area contributed by atoms with Crippen LogP contribution in [0.3, 0.4) is 0 Å². The third-order valence-corrected chi connectivity index (χ3v) is 2.89. The highest BCUT2D eigenvalue weighted by molar-refractivity contribution is 6.17. The molecule has 100 valence electrons. The number of amides is 1. The Kier molecular flexibility index (Phi) is 5.28. The molecule has 0 bridgehead atoms. The van der Waals surface area contributed by atoms with Crippen molar-refractivity contribution in [3.63, 3.8) is 0 Å². The fourth-order valence-electron chi connectivity index (χ4n) is 1.67. The van der Waals surface area contributed by atoms with Gasteiger partial charge in [0.25, 0.3) is 5.91 Å². The van der Waals surface area contributed by atoms with Crippen LogP contribution in [0, 0.1) is 0 Å². The Morgan fingerprint density at radius 3 is 2.61 bits per heavy atom. The van der Waals surface area contributed by atoms with E-state index in [-0.39, 0.29) is 29.0 Å². The van der Waals surface area contributed by atoms with Gasteiger partial charge in [-0.1, -0.05) is 0 Å². The van der Waals surface area contributed by atoms with E-state index in [4.69, 9.17) is 11.6 Å². The summed E-state index contributed by atoms with van der Waals surface area (Å²) < 4.78 is 0. The Balaban J connectivity index is 2.98. The van der Waals surface area contributed by atoms with Gasteiger partial charge >= 0.3 is 0 Å². The molecule has 1 aromatic rings. The average molecular weight is 272 g/mol. The van der Waals surface area contributed by atoms with Gasteiger partial charge in [0.05, 0.1) is 5.56 Å². The van der Waals surface area contributed by atoms with Gasteiger partial charge in [0.2, 0.25) is 0 Å². The number of halogens is 1. The maximum absolute atomic E-state index is 12.3. The summed E-state index contributed by atoms with van der Waals surface area (Å²) in [5.74, 6) is -0.00209. The number of aromatic hydroxyl groups is 2. The molecule has 5 heteroatoms. The minimum atomic E-state index is -0.302. The fourth-order valence-corrected chi connectivity index (χ4v) is 1.79. The Bertz CT molecular complexity index is 421. The molecule has 0 fully saturated rings. The van der Waals surface area contributed by atoms with E-state index in [1.54, 1.807) is 4.90 Å². The van der Waals surface area contributed by atoms with E-state index in [9.17, 15) is 15.0 Å². The predicted molar refractivity (Wildman–Crippen MR) is 71.3 cm³/mol. The smallest absolute Gasteiger partial charge is 0.257 e. The third-order valence-electron chi connectivity index (χ3n) is 2.63. The molecule has 1 amide bonds. The Hall–Kier alpha value is -1.42. The van der Waals surface area contributed by atoms with Crippen molar-refractivity contribution in [1.82, 2.24) is 4.90 Å². The lowest BCUT2D eigenvalue weighted by molar-refractivity contribution is 0.0703. The van der Waals surface area contributed by atoms with Gasteiger partial charge in [0.1, 0.15) is 11.5 Å². The molecule has 0 aliphatic heterocycles. The summed E-state index contributed by atoms with van der Waals surface area (Å²) in [6.45, 7) is 4.31. The number of carbonyl (C=O) groups is 1. The SMILES string of the molecule is CC(C)N(CCCCl)C(=O)c1cc(O)ccc1O. The van der Waals surface area contributed by atoms with Crippen LogP contribution >= 0.6 is 11.6 Å². The molecule has 0 aliphatic rings. The molecule has 0 aromatic heterocycles. The Morgan fingerprint density at radius 1 is 1.39 bits per heavy atom. The molecule has 1 aromatic carbocycles. The van der Waals surface area contributed by atoms with E-state index >= 15 is 0 Å². The van der Waals surface area contributed by atoms with E-state index in [2.05, 4.69) is 0 Å². The largest absolute Gasteiger partial charge is 0.508 e. The molecule has 0 saturated carbocycles. The molecule has 0 atom stereocenters. The Labute approximate surface area is 112 Å². The molecule has 0 spiro atoms. The van der Waals surface area contributed by atoms with Crippen LogP contribution in [0.2, 0.25) is 0 Å². The normalized spacial score (nSPS) is 10.7. The van der Waals surface area contributed by atoms with Gasteiger partial charge in [-0.25, -0.2) is 0 Å². The summed E-state index contributed by atoms with van der Waals surface area (Å²) in [4.78, 5) is 13.9. The van der Waals surface area contributed by atoms with Crippen LogP contribution in [-0.2, 0) is 0 Å². The van der Waals surface area contributed by atoms with E-state index < -0.39 is 0 Å². The second-order valence-corrected chi connectivity index (χ2v) is 4.71. The third kappa shape index (κ3) is 3.53. The summed E-state index contributed by atoms with van der Waals surface area (Å²) in [5.41, 5.74) is 0.110. The summed E-state index contributed by atoms with van der Waals surface area (Å²) in [6.07, 6.45) is 0.686. The van der Waals surface area contributed by atoms with Gasteiger partial charge in [-0.15, -0.1) is 11.6 Å². The van der Waals surface area contributed by atoms with E-state index in [1.807, 2.05) is 13.8 Å². The van der Waals surface area contributed by atoms with Crippen molar-refractivity contribution in [2.24, 2.45) is 0 Å². The molecule has 0 unspecified atom stereocenters. The lowest BCUT2D eigenvalue weighted by Crippen LogP contribution is -2.37. The summed E-state index contributed by atoms with van der Waals surface area (Å²) >= 11 is 5.63. The molecule has 0 saturated heterocycles. The highest BCUT2D eigenvalue weighted by Gasteiger charge is 2.21. The van der Waals surface area contributed by atoms with E-state index in [1.165, 1.54) is 18.2 Å². The monoisotopic (exact) mass is 271 g/mol. The second-order valence-electron chi connectivity index (χ2n) is 4.34. The maximum Gasteiger partial charge on any atom is 0.257 e. The number of hydrogen-bond acceptors (Lipinski definition) is 3. The molecule has 2 N–H and O–H groups in total. The van der Waals surface area contributed by atoms with Crippen LogP contribution in [0.1, 0.15) is 30.6 Å². The van der Waals surface area contributed by atoms with Gasteiger partial charge in [0, 0.05) is 18.5 Å². The zero-order valence-corrected chi connectivity index (χ0v) is 11.3. The summed E-state index contributed by atoms with van der Waals surface area (Å²) in [6, 6.07) is 3.92. The first-order valence-corrected chi connectivity index (χ1v) is 6.39. The van der Waals surface area contributed by atoms with Gasteiger partial charge in [0.15, 0.2) is 0 Å². The van der Waals surface area contributed by atoms with Crippen molar-refractivity contribution < 1.29 is 15.0 Å². The number of rotatable bonds is 5. The summed E-state index contributed by atoms with van der Waals surface area (Å²) in [7, 11) is 0. The van der Waals surface area contributed by atoms with Crippen molar-refractivity contribution in [3.8, 4) is 11.5 Å². The highest BCUT2D eigenvalue weighted by atomic mass is 35.5. The predicted octanol–water partition coefficient (Wildman–Crippen LogP) is 2.58. The minimum absolute atomic E-state index is 0.00228. The van der Waals surface area contributed by atoms with Gasteiger partial charge in [-0.2, -0.15) is 0 Å². The van der Waals surface area contributed by atoms with Crippen molar-refractivity contribution in [2.75, 3.05) is 12.4 Å². The number of phenols is 2. The van der Waals surface area contributed by atoms with Gasteiger partial charge in [-0.05, 0) is 38.5 Å². The number of alkyl halides is 1. The van der Waals surface area contributed by atoms with Crippen molar-refractivity contribution in [3.05, 3.63) is 23.8 Å². The lowest BCUT2D eigenvalue weighted by Gasteiger charge is -2.26. The van der Waals surface area contributed by atoms with Crippen LogP contribution in [0.4, 0.5) is 0 Å². The van der Waals surface area contributed by atoms with Crippen molar-refractivity contribution in [1.29, 1.82) is 0 Å². The first-order chi connectivity index (χ1) is 8.47. The molecular weight excluding hydrogens is 254 g/mol. The van der Waals surface area contributed by atoms with Crippen LogP contribution in [0.15, 0.2) is 18.2 Å². The number of phenolic OH excluding ortho intramolecular Hbond substituents is 2. The number of carbonyl (C=O) groups excluding carboxylic acids is 1. The standard InChI is InChI=1S/C13H18ClNO3/c1-9(2)15(7-3-6-14)13(18)11-8-10(16)4-5-12(11)17/h4-5,8-9,16-17H,3,6-7H2,1-2H3. The number of nitrogens with zero attached hydrogens (tertiary/aromatic N) is 1.